The smallest absolute Gasteiger partial charge is 0.253 e. The molecule has 32 heavy (non-hydrogen) atoms. The Morgan fingerprint density at radius 3 is 2.31 bits per heavy atom. The summed E-state index contributed by atoms with van der Waals surface area (Å²) >= 11 is 1.74. The van der Waals surface area contributed by atoms with Gasteiger partial charge < -0.3 is 14.4 Å². The fraction of sp³-hybridized carbons (Fsp3) is 0.500. The summed E-state index contributed by atoms with van der Waals surface area (Å²) in [4.78, 5) is 18.6. The second-order valence-electron chi connectivity index (χ2n) is 7.57. The fourth-order valence-electron chi connectivity index (χ4n) is 3.59. The van der Waals surface area contributed by atoms with Crippen molar-refractivity contribution < 1.29 is 22.7 Å². The van der Waals surface area contributed by atoms with Crippen molar-refractivity contribution in [2.45, 2.75) is 11.4 Å². The van der Waals surface area contributed by atoms with Crippen molar-refractivity contribution in [2.24, 2.45) is 0 Å². The molecule has 2 aromatic rings. The molecule has 176 valence electrons. The van der Waals surface area contributed by atoms with E-state index in [1.165, 1.54) is 35.5 Å². The highest BCUT2D eigenvalue weighted by atomic mass is 32.2. The van der Waals surface area contributed by atoms with Gasteiger partial charge in [0.2, 0.25) is 10.0 Å². The first-order valence-corrected chi connectivity index (χ1v) is 12.9. The first kappa shape index (κ1) is 24.8. The molecule has 1 aromatic carbocycles. The third-order valence-corrected chi connectivity index (χ3v) is 8.18. The van der Waals surface area contributed by atoms with E-state index in [4.69, 9.17) is 9.47 Å². The molecule has 3 rings (SSSR count). The Kier molecular flexibility index (Phi) is 9.21. The Hall–Kier alpha value is -1.82. The molecule has 1 saturated heterocycles. The Morgan fingerprint density at radius 1 is 1.03 bits per heavy atom. The van der Waals surface area contributed by atoms with E-state index in [2.05, 4.69) is 16.3 Å². The van der Waals surface area contributed by atoms with Crippen LogP contribution in [0.2, 0.25) is 0 Å². The SMILES string of the molecule is COCCN(CCOC)S(=O)(=O)c1cccc(C(=O)N2CCN(Cc3cccs3)CC2)c1. The standard InChI is InChI=1S/C22H31N3O5S2/c1-29-14-12-25(13-15-30-2)32(27,28)21-7-3-5-19(17-21)22(26)24-10-8-23(9-11-24)18-20-6-4-16-31-20/h3-7,16-17H,8-15,18H2,1-2H3. The third-order valence-electron chi connectivity index (χ3n) is 5.43. The fourth-order valence-corrected chi connectivity index (χ4v) is 5.79. The van der Waals surface area contributed by atoms with Crippen LogP contribution in [0.5, 0.6) is 0 Å². The maximum absolute atomic E-state index is 13.2. The Labute approximate surface area is 194 Å². The predicted octanol–water partition coefficient (Wildman–Crippen LogP) is 1.99. The number of piperazine rings is 1. The molecule has 0 spiro atoms. The number of methoxy groups -OCH3 is 2. The van der Waals surface area contributed by atoms with Crippen LogP contribution in [0.3, 0.4) is 0 Å². The van der Waals surface area contributed by atoms with Gasteiger partial charge in [-0.3, -0.25) is 9.69 Å². The van der Waals surface area contributed by atoms with E-state index in [0.717, 1.165) is 19.6 Å². The number of nitrogens with zero attached hydrogens (tertiary/aromatic N) is 3. The van der Waals surface area contributed by atoms with E-state index < -0.39 is 10.0 Å². The quantitative estimate of drug-likeness (QED) is 0.488. The molecule has 0 N–H and O–H groups in total. The normalized spacial score (nSPS) is 15.4. The zero-order chi connectivity index (χ0) is 23.0. The zero-order valence-electron chi connectivity index (χ0n) is 18.6. The van der Waals surface area contributed by atoms with Crippen LogP contribution in [-0.4, -0.2) is 95.1 Å². The molecule has 1 fully saturated rings. The lowest BCUT2D eigenvalue weighted by Gasteiger charge is -2.34. The summed E-state index contributed by atoms with van der Waals surface area (Å²) in [5.74, 6) is -0.141. The van der Waals surface area contributed by atoms with Gasteiger partial charge in [-0.25, -0.2) is 8.42 Å². The molecule has 10 heteroatoms. The summed E-state index contributed by atoms with van der Waals surface area (Å²) in [6, 6.07) is 10.5. The van der Waals surface area contributed by atoms with Crippen LogP contribution in [0.15, 0.2) is 46.7 Å². The number of thiophene rings is 1. The molecular weight excluding hydrogens is 450 g/mol. The lowest BCUT2D eigenvalue weighted by atomic mass is 10.2. The van der Waals surface area contributed by atoms with Crippen molar-refractivity contribution in [3.8, 4) is 0 Å². The molecule has 0 saturated carbocycles. The van der Waals surface area contributed by atoms with Crippen molar-refractivity contribution in [3.63, 3.8) is 0 Å². The van der Waals surface area contributed by atoms with Gasteiger partial charge in [-0.05, 0) is 29.6 Å². The van der Waals surface area contributed by atoms with Crippen LogP contribution in [0, 0.1) is 0 Å². The summed E-state index contributed by atoms with van der Waals surface area (Å²) in [7, 11) is -0.718. The average molecular weight is 482 g/mol. The minimum atomic E-state index is -3.77. The van der Waals surface area contributed by atoms with Crippen molar-refractivity contribution in [2.75, 3.05) is 66.7 Å². The average Bonchev–Trinajstić information content (AvgIpc) is 3.32. The van der Waals surface area contributed by atoms with E-state index in [1.54, 1.807) is 28.4 Å². The first-order chi connectivity index (χ1) is 15.5. The Balaban J connectivity index is 1.67. The number of amides is 1. The van der Waals surface area contributed by atoms with E-state index >= 15 is 0 Å². The van der Waals surface area contributed by atoms with Gasteiger partial charge in [-0.1, -0.05) is 12.1 Å². The number of hydrogen-bond acceptors (Lipinski definition) is 7. The van der Waals surface area contributed by atoms with E-state index in [9.17, 15) is 13.2 Å². The van der Waals surface area contributed by atoms with Gasteiger partial charge in [0.1, 0.15) is 0 Å². The van der Waals surface area contributed by atoms with Crippen molar-refractivity contribution in [1.82, 2.24) is 14.1 Å². The van der Waals surface area contributed by atoms with E-state index in [1.807, 2.05) is 6.07 Å². The second kappa shape index (κ2) is 11.9. The number of rotatable bonds is 11. The summed E-state index contributed by atoms with van der Waals surface area (Å²) in [5.41, 5.74) is 0.385. The molecule has 1 aromatic heterocycles. The molecule has 0 bridgehead atoms. The Bertz CT molecular complexity index is 950. The number of hydrogen-bond donors (Lipinski definition) is 0. The number of sulfonamides is 1. The van der Waals surface area contributed by atoms with Crippen LogP contribution in [0.4, 0.5) is 0 Å². The van der Waals surface area contributed by atoms with Gasteiger partial charge in [-0.15, -0.1) is 11.3 Å². The minimum Gasteiger partial charge on any atom is -0.383 e. The lowest BCUT2D eigenvalue weighted by Crippen LogP contribution is -2.48. The van der Waals surface area contributed by atoms with Gasteiger partial charge >= 0.3 is 0 Å². The van der Waals surface area contributed by atoms with Crippen molar-refractivity contribution >= 4 is 27.3 Å². The van der Waals surface area contributed by atoms with Crippen LogP contribution < -0.4 is 0 Å². The van der Waals surface area contributed by atoms with Crippen molar-refractivity contribution in [1.29, 1.82) is 0 Å². The van der Waals surface area contributed by atoms with E-state index in [-0.39, 0.29) is 37.1 Å². The Morgan fingerprint density at radius 2 is 1.72 bits per heavy atom. The molecule has 1 aliphatic rings. The zero-order valence-corrected chi connectivity index (χ0v) is 20.2. The highest BCUT2D eigenvalue weighted by molar-refractivity contribution is 7.89. The molecule has 0 atom stereocenters. The van der Waals surface area contributed by atoms with Gasteiger partial charge in [-0.2, -0.15) is 4.31 Å². The molecule has 1 amide bonds. The molecule has 8 nitrogen and oxygen atoms in total. The van der Waals surface area contributed by atoms with Gasteiger partial charge in [0, 0.05) is 70.5 Å². The summed E-state index contributed by atoms with van der Waals surface area (Å²) in [5, 5.41) is 2.07. The van der Waals surface area contributed by atoms with Crippen LogP contribution >= 0.6 is 11.3 Å². The van der Waals surface area contributed by atoms with Gasteiger partial charge in [0.05, 0.1) is 18.1 Å². The molecule has 0 aliphatic carbocycles. The number of benzene rings is 1. The molecule has 0 radical (unpaired) electrons. The van der Waals surface area contributed by atoms with Crippen molar-refractivity contribution in [3.05, 3.63) is 52.2 Å². The molecule has 0 unspecified atom stereocenters. The van der Waals surface area contributed by atoms with Gasteiger partial charge in [0.15, 0.2) is 0 Å². The highest BCUT2D eigenvalue weighted by Gasteiger charge is 2.27. The van der Waals surface area contributed by atoms with E-state index in [0.29, 0.717) is 18.7 Å². The second-order valence-corrected chi connectivity index (χ2v) is 10.5. The van der Waals surface area contributed by atoms with Gasteiger partial charge in [0.25, 0.3) is 5.91 Å². The topological polar surface area (TPSA) is 79.4 Å². The summed E-state index contributed by atoms with van der Waals surface area (Å²) in [6.45, 7) is 4.71. The summed E-state index contributed by atoms with van der Waals surface area (Å²) in [6.07, 6.45) is 0. The maximum Gasteiger partial charge on any atom is 0.253 e. The number of carbonyl (C=O) groups is 1. The summed E-state index contributed by atoms with van der Waals surface area (Å²) < 4.78 is 37.8. The molecule has 1 aliphatic heterocycles. The van der Waals surface area contributed by atoms with Crippen LogP contribution in [0.25, 0.3) is 0 Å². The third kappa shape index (κ3) is 6.37. The highest BCUT2D eigenvalue weighted by Crippen LogP contribution is 2.19. The van der Waals surface area contributed by atoms with Crippen LogP contribution in [0.1, 0.15) is 15.2 Å². The predicted molar refractivity (Wildman–Crippen MR) is 124 cm³/mol. The monoisotopic (exact) mass is 481 g/mol. The maximum atomic E-state index is 13.2. The van der Waals surface area contributed by atoms with Crippen LogP contribution in [-0.2, 0) is 26.0 Å². The molecule has 2 heterocycles. The minimum absolute atomic E-state index is 0.104. The lowest BCUT2D eigenvalue weighted by molar-refractivity contribution is 0.0629. The first-order valence-electron chi connectivity index (χ1n) is 10.6. The number of ether oxygens (including phenoxy) is 2. The molecular formula is C22H31N3O5S2. The largest absolute Gasteiger partial charge is 0.383 e. The number of carbonyl (C=O) groups excluding carboxylic acids is 1.